The van der Waals surface area contributed by atoms with Crippen LogP contribution < -0.4 is 4.74 Å². The molecule has 0 aliphatic heterocycles. The van der Waals surface area contributed by atoms with Gasteiger partial charge in [-0.25, -0.2) is 0 Å². The maximum atomic E-state index is 11.6. The molecular weight excluding hydrogens is 256 g/mol. The molecule has 0 spiro atoms. The van der Waals surface area contributed by atoms with E-state index in [4.69, 9.17) is 16.3 Å². The van der Waals surface area contributed by atoms with Gasteiger partial charge in [-0.1, -0.05) is 24.4 Å². The van der Waals surface area contributed by atoms with E-state index in [2.05, 4.69) is 0 Å². The van der Waals surface area contributed by atoms with E-state index in [1.54, 1.807) is 6.07 Å². The summed E-state index contributed by atoms with van der Waals surface area (Å²) in [5.41, 5.74) is -0.802. The maximum absolute atomic E-state index is 11.6. The zero-order chi connectivity index (χ0) is 13.3. The smallest absolute Gasteiger partial charge is 0.314 e. The number of benzene rings is 1. The van der Waals surface area contributed by atoms with E-state index >= 15 is 0 Å². The monoisotopic (exact) mass is 270 g/mol. The molecule has 5 heteroatoms. The Balaban J connectivity index is 2.65. The summed E-state index contributed by atoms with van der Waals surface area (Å²) in [6.45, 7) is 0. The molecule has 1 aromatic carbocycles. The molecule has 18 heavy (non-hydrogen) atoms. The number of halogens is 1. The third kappa shape index (κ3) is 1.81. The maximum Gasteiger partial charge on any atom is 0.314 e. The van der Waals surface area contributed by atoms with Crippen LogP contribution in [0.1, 0.15) is 31.2 Å². The molecule has 0 unspecified atom stereocenters. The molecule has 4 nitrogen and oxygen atoms in total. The summed E-state index contributed by atoms with van der Waals surface area (Å²) in [6, 6.07) is 3.10. The lowest BCUT2D eigenvalue weighted by Gasteiger charge is -2.27. The van der Waals surface area contributed by atoms with E-state index < -0.39 is 11.4 Å². The number of ether oxygens (including phenoxy) is 1. The Kier molecular flexibility index (Phi) is 3.39. The minimum atomic E-state index is -1.09. The Bertz CT molecular complexity index is 478. The van der Waals surface area contributed by atoms with Crippen LogP contribution in [-0.4, -0.2) is 23.3 Å². The predicted molar refractivity (Wildman–Crippen MR) is 67.5 cm³/mol. The Morgan fingerprint density at radius 3 is 2.50 bits per heavy atom. The lowest BCUT2D eigenvalue weighted by Crippen LogP contribution is -2.33. The molecule has 0 aromatic heterocycles. The SMILES string of the molecule is COc1ccc(Cl)c(C2(C(=O)O)CCCC2)c1O. The van der Waals surface area contributed by atoms with Gasteiger partial charge in [-0.2, -0.15) is 0 Å². The molecule has 0 heterocycles. The van der Waals surface area contributed by atoms with Crippen LogP contribution in [0.15, 0.2) is 12.1 Å². The third-order valence-electron chi connectivity index (χ3n) is 3.66. The largest absolute Gasteiger partial charge is 0.504 e. The van der Waals surface area contributed by atoms with Crippen LogP contribution in [-0.2, 0) is 10.2 Å². The molecule has 98 valence electrons. The lowest BCUT2D eigenvalue weighted by atomic mass is 9.78. The van der Waals surface area contributed by atoms with Gasteiger partial charge in [0.05, 0.1) is 12.5 Å². The highest BCUT2D eigenvalue weighted by Gasteiger charge is 2.46. The van der Waals surface area contributed by atoms with Crippen molar-refractivity contribution in [1.82, 2.24) is 0 Å². The number of carboxylic acids is 1. The number of rotatable bonds is 3. The Labute approximate surface area is 110 Å². The summed E-state index contributed by atoms with van der Waals surface area (Å²) in [7, 11) is 1.43. The van der Waals surface area contributed by atoms with E-state index in [-0.39, 0.29) is 22.1 Å². The number of methoxy groups -OCH3 is 1. The number of carbonyl (C=O) groups is 1. The summed E-state index contributed by atoms with van der Waals surface area (Å²) in [4.78, 5) is 11.6. The molecule has 2 rings (SSSR count). The first kappa shape index (κ1) is 13.0. The Hall–Kier alpha value is -1.42. The normalized spacial score (nSPS) is 17.7. The number of aromatic hydroxyl groups is 1. The minimum absolute atomic E-state index is 0.158. The fourth-order valence-electron chi connectivity index (χ4n) is 2.72. The van der Waals surface area contributed by atoms with Gasteiger partial charge in [0.25, 0.3) is 0 Å². The first-order valence-corrected chi connectivity index (χ1v) is 6.20. The van der Waals surface area contributed by atoms with Crippen molar-refractivity contribution < 1.29 is 19.7 Å². The van der Waals surface area contributed by atoms with Crippen LogP contribution in [0.25, 0.3) is 0 Å². The highest BCUT2D eigenvalue weighted by Crippen LogP contribution is 2.50. The van der Waals surface area contributed by atoms with E-state index in [0.29, 0.717) is 12.8 Å². The number of hydrogen-bond donors (Lipinski definition) is 2. The minimum Gasteiger partial charge on any atom is -0.504 e. The zero-order valence-electron chi connectivity index (χ0n) is 10.1. The van der Waals surface area contributed by atoms with Gasteiger partial charge in [-0.15, -0.1) is 0 Å². The van der Waals surface area contributed by atoms with Gasteiger partial charge in [0, 0.05) is 10.6 Å². The van der Waals surface area contributed by atoms with Crippen molar-refractivity contribution >= 4 is 17.6 Å². The van der Waals surface area contributed by atoms with Crippen molar-refractivity contribution in [2.24, 2.45) is 0 Å². The van der Waals surface area contributed by atoms with Crippen LogP contribution in [0.5, 0.6) is 11.5 Å². The molecule has 1 saturated carbocycles. The quantitative estimate of drug-likeness (QED) is 0.886. The number of phenolic OH excluding ortho intramolecular Hbond substituents is 1. The van der Waals surface area contributed by atoms with Gasteiger partial charge >= 0.3 is 5.97 Å². The third-order valence-corrected chi connectivity index (χ3v) is 3.97. The second-order valence-electron chi connectivity index (χ2n) is 4.57. The van der Waals surface area contributed by atoms with Crippen LogP contribution >= 0.6 is 11.6 Å². The zero-order valence-corrected chi connectivity index (χ0v) is 10.8. The molecule has 1 aliphatic carbocycles. The van der Waals surface area contributed by atoms with E-state index in [1.807, 2.05) is 0 Å². The average Bonchev–Trinajstić information content (AvgIpc) is 2.80. The predicted octanol–water partition coefficient (Wildman–Crippen LogP) is 2.95. The molecule has 0 amide bonds. The second-order valence-corrected chi connectivity index (χ2v) is 4.97. The summed E-state index contributed by atoms with van der Waals surface area (Å²) in [5.74, 6) is -0.846. The number of aliphatic carboxylic acids is 1. The summed E-state index contributed by atoms with van der Waals surface area (Å²) in [6.07, 6.45) is 2.62. The molecule has 0 radical (unpaired) electrons. The first-order valence-electron chi connectivity index (χ1n) is 5.82. The molecule has 1 fully saturated rings. The van der Waals surface area contributed by atoms with Gasteiger partial charge < -0.3 is 14.9 Å². The van der Waals surface area contributed by atoms with Crippen molar-refractivity contribution in [2.45, 2.75) is 31.1 Å². The van der Waals surface area contributed by atoms with Gasteiger partial charge in [0.2, 0.25) is 0 Å². The molecule has 0 bridgehead atoms. The fraction of sp³-hybridized carbons (Fsp3) is 0.462. The molecule has 1 aromatic rings. The van der Waals surface area contributed by atoms with Crippen LogP contribution in [0.4, 0.5) is 0 Å². The molecular formula is C13H15ClO4. The molecule has 1 aliphatic rings. The number of carboxylic acid groups (broad SMARTS) is 1. The molecule has 0 atom stereocenters. The van der Waals surface area contributed by atoms with E-state index in [0.717, 1.165) is 12.8 Å². The van der Waals surface area contributed by atoms with Crippen molar-refractivity contribution in [3.05, 3.63) is 22.7 Å². The standard InChI is InChI=1S/C13H15ClO4/c1-18-9-5-4-8(14)10(11(9)15)13(12(16)17)6-2-3-7-13/h4-5,15H,2-3,6-7H2,1H3,(H,16,17). The van der Waals surface area contributed by atoms with Gasteiger partial charge in [0.1, 0.15) is 0 Å². The summed E-state index contributed by atoms with van der Waals surface area (Å²) < 4.78 is 5.02. The molecule has 2 N–H and O–H groups in total. The van der Waals surface area contributed by atoms with E-state index in [1.165, 1.54) is 13.2 Å². The second kappa shape index (κ2) is 4.69. The van der Waals surface area contributed by atoms with Crippen LogP contribution in [0.2, 0.25) is 5.02 Å². The summed E-state index contributed by atoms with van der Waals surface area (Å²) >= 11 is 6.09. The first-order chi connectivity index (χ1) is 8.53. The highest BCUT2D eigenvalue weighted by atomic mass is 35.5. The van der Waals surface area contributed by atoms with E-state index in [9.17, 15) is 15.0 Å². The van der Waals surface area contributed by atoms with Crippen molar-refractivity contribution in [3.8, 4) is 11.5 Å². The van der Waals surface area contributed by atoms with Crippen molar-refractivity contribution in [1.29, 1.82) is 0 Å². The Morgan fingerprint density at radius 1 is 1.39 bits per heavy atom. The Morgan fingerprint density at radius 2 is 2.00 bits per heavy atom. The summed E-state index contributed by atoms with van der Waals surface area (Å²) in [5, 5.41) is 20.0. The fourth-order valence-corrected chi connectivity index (χ4v) is 3.05. The van der Waals surface area contributed by atoms with Crippen molar-refractivity contribution in [3.63, 3.8) is 0 Å². The van der Waals surface area contributed by atoms with Gasteiger partial charge in [-0.3, -0.25) is 4.79 Å². The van der Waals surface area contributed by atoms with Crippen molar-refractivity contribution in [2.75, 3.05) is 7.11 Å². The van der Waals surface area contributed by atoms with Gasteiger partial charge in [-0.05, 0) is 25.0 Å². The molecule has 0 saturated heterocycles. The van der Waals surface area contributed by atoms with Crippen LogP contribution in [0.3, 0.4) is 0 Å². The topological polar surface area (TPSA) is 66.8 Å². The number of hydrogen-bond acceptors (Lipinski definition) is 3. The van der Waals surface area contributed by atoms with Crippen LogP contribution in [0, 0.1) is 0 Å². The highest BCUT2D eigenvalue weighted by molar-refractivity contribution is 6.32. The lowest BCUT2D eigenvalue weighted by molar-refractivity contribution is -0.143. The van der Waals surface area contributed by atoms with Gasteiger partial charge in [0.15, 0.2) is 11.5 Å². The average molecular weight is 271 g/mol. The number of phenols is 1.